The summed E-state index contributed by atoms with van der Waals surface area (Å²) in [4.78, 5) is 15.6. The molecule has 0 saturated carbocycles. The van der Waals surface area contributed by atoms with Crippen LogP contribution in [0.3, 0.4) is 0 Å². The molecule has 1 aromatic heterocycles. The van der Waals surface area contributed by atoms with Crippen LogP contribution in [-0.4, -0.2) is 29.9 Å². The van der Waals surface area contributed by atoms with Gasteiger partial charge in [0, 0.05) is 24.0 Å². The van der Waals surface area contributed by atoms with Crippen LogP contribution in [0.25, 0.3) is 0 Å². The van der Waals surface area contributed by atoms with Gasteiger partial charge in [-0.15, -0.1) is 11.3 Å². The summed E-state index contributed by atoms with van der Waals surface area (Å²) >= 11 is 1.81. The number of carbonyl (C=O) groups is 1. The average Bonchev–Trinajstić information content (AvgIpc) is 3.05. The molecule has 1 aliphatic carbocycles. The van der Waals surface area contributed by atoms with E-state index in [2.05, 4.69) is 28.9 Å². The SMILES string of the molecule is O=C(CNC1CC=CC1)N1CCc2sccc2C1. The fourth-order valence-corrected chi connectivity index (χ4v) is 3.48. The highest BCUT2D eigenvalue weighted by atomic mass is 32.1. The zero-order valence-electron chi connectivity index (χ0n) is 10.4. The van der Waals surface area contributed by atoms with Crippen LogP contribution in [0.2, 0.25) is 0 Å². The van der Waals surface area contributed by atoms with Gasteiger partial charge < -0.3 is 10.2 Å². The molecule has 1 aromatic rings. The first-order valence-corrected chi connectivity index (χ1v) is 7.42. The van der Waals surface area contributed by atoms with E-state index in [1.54, 1.807) is 0 Å². The van der Waals surface area contributed by atoms with Crippen LogP contribution in [0.1, 0.15) is 23.3 Å². The standard InChI is InChI=1S/C14H18N2OS/c17-14(9-15-12-3-1-2-4-12)16-7-5-13-11(10-16)6-8-18-13/h1-2,6,8,12,15H,3-5,7,9-10H2. The van der Waals surface area contributed by atoms with Gasteiger partial charge in [-0.05, 0) is 36.3 Å². The molecular formula is C14H18N2OS. The van der Waals surface area contributed by atoms with Gasteiger partial charge in [0.2, 0.25) is 5.91 Å². The Morgan fingerprint density at radius 1 is 1.44 bits per heavy atom. The number of hydrogen-bond acceptors (Lipinski definition) is 3. The van der Waals surface area contributed by atoms with E-state index >= 15 is 0 Å². The predicted molar refractivity (Wildman–Crippen MR) is 73.6 cm³/mol. The topological polar surface area (TPSA) is 32.3 Å². The molecule has 0 saturated heterocycles. The Bertz CT molecular complexity index is 458. The molecule has 18 heavy (non-hydrogen) atoms. The van der Waals surface area contributed by atoms with Crippen molar-refractivity contribution in [2.24, 2.45) is 0 Å². The molecular weight excluding hydrogens is 244 g/mol. The minimum absolute atomic E-state index is 0.235. The third-order valence-corrected chi connectivity index (χ3v) is 4.73. The highest BCUT2D eigenvalue weighted by Crippen LogP contribution is 2.23. The molecule has 1 amide bonds. The summed E-state index contributed by atoms with van der Waals surface area (Å²) in [5.74, 6) is 0.235. The van der Waals surface area contributed by atoms with Gasteiger partial charge in [-0.1, -0.05) is 12.2 Å². The van der Waals surface area contributed by atoms with E-state index in [4.69, 9.17) is 0 Å². The number of fused-ring (bicyclic) bond motifs is 1. The molecule has 0 bridgehead atoms. The number of amides is 1. The quantitative estimate of drug-likeness (QED) is 0.844. The number of rotatable bonds is 3. The van der Waals surface area contributed by atoms with Crippen molar-refractivity contribution in [3.63, 3.8) is 0 Å². The second-order valence-electron chi connectivity index (χ2n) is 4.95. The first-order chi connectivity index (χ1) is 8.83. The van der Waals surface area contributed by atoms with Crippen LogP contribution in [0.15, 0.2) is 23.6 Å². The molecule has 0 radical (unpaired) electrons. The van der Waals surface area contributed by atoms with Gasteiger partial charge in [0.1, 0.15) is 0 Å². The van der Waals surface area contributed by atoms with Gasteiger partial charge in [-0.3, -0.25) is 4.79 Å². The second kappa shape index (κ2) is 5.24. The zero-order valence-corrected chi connectivity index (χ0v) is 11.2. The summed E-state index contributed by atoms with van der Waals surface area (Å²) in [5, 5.41) is 5.47. The lowest BCUT2D eigenvalue weighted by atomic mass is 10.1. The number of nitrogens with zero attached hydrogens (tertiary/aromatic N) is 1. The van der Waals surface area contributed by atoms with Crippen LogP contribution in [0, 0.1) is 0 Å². The third kappa shape index (κ3) is 2.49. The summed E-state index contributed by atoms with van der Waals surface area (Å²) in [7, 11) is 0. The zero-order chi connectivity index (χ0) is 12.4. The van der Waals surface area contributed by atoms with Crippen molar-refractivity contribution >= 4 is 17.2 Å². The number of carbonyl (C=O) groups excluding carboxylic acids is 1. The van der Waals surface area contributed by atoms with Gasteiger partial charge in [-0.2, -0.15) is 0 Å². The molecule has 2 aliphatic rings. The average molecular weight is 262 g/mol. The van der Waals surface area contributed by atoms with Gasteiger partial charge in [0.05, 0.1) is 6.54 Å². The highest BCUT2D eigenvalue weighted by molar-refractivity contribution is 7.10. The molecule has 1 N–H and O–H groups in total. The van der Waals surface area contributed by atoms with E-state index in [1.807, 2.05) is 16.2 Å². The van der Waals surface area contributed by atoms with Crippen molar-refractivity contribution in [3.05, 3.63) is 34.0 Å². The number of nitrogens with one attached hydrogen (secondary N) is 1. The third-order valence-electron chi connectivity index (χ3n) is 3.71. The van der Waals surface area contributed by atoms with Crippen molar-refractivity contribution in [1.82, 2.24) is 10.2 Å². The van der Waals surface area contributed by atoms with Crippen LogP contribution in [-0.2, 0) is 17.8 Å². The van der Waals surface area contributed by atoms with E-state index < -0.39 is 0 Å². The molecule has 1 aliphatic heterocycles. The van der Waals surface area contributed by atoms with Crippen LogP contribution >= 0.6 is 11.3 Å². The monoisotopic (exact) mass is 262 g/mol. The van der Waals surface area contributed by atoms with Crippen LogP contribution < -0.4 is 5.32 Å². The van der Waals surface area contributed by atoms with E-state index in [1.165, 1.54) is 10.4 Å². The summed E-state index contributed by atoms with van der Waals surface area (Å²) in [6, 6.07) is 2.61. The Labute approximate surface area is 111 Å². The lowest BCUT2D eigenvalue weighted by Gasteiger charge is -2.27. The molecule has 3 nitrogen and oxygen atoms in total. The minimum Gasteiger partial charge on any atom is -0.337 e. The molecule has 4 heteroatoms. The molecule has 0 aromatic carbocycles. The summed E-state index contributed by atoms with van der Waals surface area (Å²) in [6.45, 7) is 2.14. The highest BCUT2D eigenvalue weighted by Gasteiger charge is 2.21. The van der Waals surface area contributed by atoms with E-state index in [9.17, 15) is 4.79 Å². The Balaban J connectivity index is 1.51. The van der Waals surface area contributed by atoms with Crippen molar-refractivity contribution < 1.29 is 4.79 Å². The summed E-state index contributed by atoms with van der Waals surface area (Å²) in [6.07, 6.45) is 7.50. The summed E-state index contributed by atoms with van der Waals surface area (Å²) < 4.78 is 0. The van der Waals surface area contributed by atoms with Crippen molar-refractivity contribution in [3.8, 4) is 0 Å². The van der Waals surface area contributed by atoms with E-state index in [-0.39, 0.29) is 5.91 Å². The maximum absolute atomic E-state index is 12.1. The van der Waals surface area contributed by atoms with E-state index in [0.717, 1.165) is 32.4 Å². The smallest absolute Gasteiger partial charge is 0.236 e. The maximum Gasteiger partial charge on any atom is 0.236 e. The van der Waals surface area contributed by atoms with E-state index in [0.29, 0.717) is 12.6 Å². The molecule has 0 fully saturated rings. The fraction of sp³-hybridized carbons (Fsp3) is 0.500. The number of thiophene rings is 1. The summed E-state index contributed by atoms with van der Waals surface area (Å²) in [5.41, 5.74) is 1.34. The lowest BCUT2D eigenvalue weighted by Crippen LogP contribution is -2.42. The lowest BCUT2D eigenvalue weighted by molar-refractivity contribution is -0.131. The van der Waals surface area contributed by atoms with Gasteiger partial charge >= 0.3 is 0 Å². The Morgan fingerprint density at radius 2 is 2.28 bits per heavy atom. The van der Waals surface area contributed by atoms with Crippen molar-refractivity contribution in [2.75, 3.05) is 13.1 Å². The molecule has 0 spiro atoms. The first-order valence-electron chi connectivity index (χ1n) is 6.54. The maximum atomic E-state index is 12.1. The Kier molecular flexibility index (Phi) is 3.48. The van der Waals surface area contributed by atoms with Crippen LogP contribution in [0.5, 0.6) is 0 Å². The Hall–Kier alpha value is -1.13. The molecule has 2 heterocycles. The molecule has 96 valence electrons. The minimum atomic E-state index is 0.235. The first kappa shape index (κ1) is 11.9. The van der Waals surface area contributed by atoms with Gasteiger partial charge in [0.25, 0.3) is 0 Å². The normalized spacial score (nSPS) is 19.2. The van der Waals surface area contributed by atoms with Gasteiger partial charge in [-0.25, -0.2) is 0 Å². The van der Waals surface area contributed by atoms with Gasteiger partial charge in [0.15, 0.2) is 0 Å². The molecule has 0 atom stereocenters. The molecule has 0 unspecified atom stereocenters. The van der Waals surface area contributed by atoms with Crippen LogP contribution in [0.4, 0.5) is 0 Å². The Morgan fingerprint density at radius 3 is 3.11 bits per heavy atom. The van der Waals surface area contributed by atoms with Crippen molar-refractivity contribution in [1.29, 1.82) is 0 Å². The van der Waals surface area contributed by atoms with Crippen molar-refractivity contribution in [2.45, 2.75) is 31.8 Å². The largest absolute Gasteiger partial charge is 0.337 e. The second-order valence-corrected chi connectivity index (χ2v) is 5.96. The fourth-order valence-electron chi connectivity index (χ4n) is 2.59. The number of hydrogen-bond donors (Lipinski definition) is 1. The predicted octanol–water partition coefficient (Wildman–Crippen LogP) is 1.94. The molecule has 3 rings (SSSR count).